The molecule has 52 heavy (non-hydrogen) atoms. The van der Waals surface area contributed by atoms with Crippen molar-refractivity contribution in [2.45, 2.75) is 6.54 Å². The SMILES string of the molecule is N/C(=C\C(=C/Cn1c2ccccc2c2ccc3c(ccc4ccc5c(c6ccccc6n5-c5ccccc5)c43)c21)c1ccccc1)c1ccccc1. The summed E-state index contributed by atoms with van der Waals surface area (Å²) < 4.78 is 4.89. The van der Waals surface area contributed by atoms with Crippen molar-refractivity contribution in [1.29, 1.82) is 0 Å². The molecule has 0 atom stereocenters. The van der Waals surface area contributed by atoms with Crippen molar-refractivity contribution >= 4 is 76.4 Å². The van der Waals surface area contributed by atoms with Crippen LogP contribution in [-0.2, 0) is 6.54 Å². The number of fused-ring (bicyclic) bond motifs is 11. The summed E-state index contributed by atoms with van der Waals surface area (Å²) in [6.45, 7) is 0.682. The largest absolute Gasteiger partial charge is 0.398 e. The highest BCUT2D eigenvalue weighted by Crippen LogP contribution is 2.42. The molecule has 8 aromatic carbocycles. The molecule has 2 N–H and O–H groups in total. The number of para-hydroxylation sites is 3. The Morgan fingerprint density at radius 3 is 1.81 bits per heavy atom. The molecule has 10 aromatic rings. The molecular formula is C49H35N3. The zero-order chi connectivity index (χ0) is 34.6. The molecule has 246 valence electrons. The Balaban J connectivity index is 1.25. The summed E-state index contributed by atoms with van der Waals surface area (Å²) in [6, 6.07) is 63.0. The summed E-state index contributed by atoms with van der Waals surface area (Å²) in [7, 11) is 0. The van der Waals surface area contributed by atoms with E-state index in [1.54, 1.807) is 0 Å². The molecule has 0 unspecified atom stereocenters. The van der Waals surface area contributed by atoms with E-state index in [0.717, 1.165) is 22.4 Å². The number of hydrogen-bond donors (Lipinski definition) is 1. The van der Waals surface area contributed by atoms with E-state index in [-0.39, 0.29) is 0 Å². The van der Waals surface area contributed by atoms with E-state index >= 15 is 0 Å². The monoisotopic (exact) mass is 665 g/mol. The Morgan fingerprint density at radius 1 is 0.462 bits per heavy atom. The van der Waals surface area contributed by atoms with Crippen molar-refractivity contribution in [2.75, 3.05) is 0 Å². The van der Waals surface area contributed by atoms with Gasteiger partial charge in [-0.1, -0.05) is 152 Å². The van der Waals surface area contributed by atoms with Crippen LogP contribution in [0.25, 0.3) is 82.1 Å². The average Bonchev–Trinajstić information content (AvgIpc) is 3.73. The van der Waals surface area contributed by atoms with Crippen LogP contribution in [0.3, 0.4) is 0 Å². The molecule has 0 aliphatic heterocycles. The van der Waals surface area contributed by atoms with Crippen LogP contribution in [0.1, 0.15) is 11.1 Å². The maximum Gasteiger partial charge on any atom is 0.0574 e. The van der Waals surface area contributed by atoms with Crippen LogP contribution < -0.4 is 5.73 Å². The lowest BCUT2D eigenvalue weighted by molar-refractivity contribution is 0.903. The third kappa shape index (κ3) is 4.74. The molecule has 0 bridgehead atoms. The van der Waals surface area contributed by atoms with E-state index in [1.807, 2.05) is 18.2 Å². The van der Waals surface area contributed by atoms with Gasteiger partial charge >= 0.3 is 0 Å². The van der Waals surface area contributed by atoms with Crippen molar-refractivity contribution in [3.05, 3.63) is 199 Å². The maximum absolute atomic E-state index is 6.73. The molecule has 0 aliphatic carbocycles. The minimum Gasteiger partial charge on any atom is -0.398 e. The van der Waals surface area contributed by atoms with Crippen LogP contribution >= 0.6 is 0 Å². The van der Waals surface area contributed by atoms with Gasteiger partial charge in [0.2, 0.25) is 0 Å². The first-order valence-electron chi connectivity index (χ1n) is 17.9. The molecular weight excluding hydrogens is 631 g/mol. The zero-order valence-electron chi connectivity index (χ0n) is 28.6. The van der Waals surface area contributed by atoms with Gasteiger partial charge in [0.1, 0.15) is 0 Å². The Labute approximate surface area is 301 Å². The maximum atomic E-state index is 6.73. The van der Waals surface area contributed by atoms with Crippen LogP contribution in [-0.4, -0.2) is 9.13 Å². The molecule has 2 heterocycles. The average molecular weight is 666 g/mol. The summed E-state index contributed by atoms with van der Waals surface area (Å²) in [5.41, 5.74) is 16.8. The molecule has 3 heteroatoms. The van der Waals surface area contributed by atoms with Crippen molar-refractivity contribution in [3.63, 3.8) is 0 Å². The van der Waals surface area contributed by atoms with E-state index in [0.29, 0.717) is 6.54 Å². The second-order valence-electron chi connectivity index (χ2n) is 13.5. The Morgan fingerprint density at radius 2 is 1.04 bits per heavy atom. The first-order valence-corrected chi connectivity index (χ1v) is 17.9. The number of aromatic nitrogens is 2. The van der Waals surface area contributed by atoms with E-state index in [9.17, 15) is 0 Å². The summed E-state index contributed by atoms with van der Waals surface area (Å²) >= 11 is 0. The van der Waals surface area contributed by atoms with Crippen molar-refractivity contribution in [3.8, 4) is 5.69 Å². The fourth-order valence-electron chi connectivity index (χ4n) is 8.25. The van der Waals surface area contributed by atoms with Crippen molar-refractivity contribution in [1.82, 2.24) is 9.13 Å². The number of nitrogens with two attached hydrogens (primary N) is 1. The van der Waals surface area contributed by atoms with Gasteiger partial charge in [-0.3, -0.25) is 0 Å². The van der Waals surface area contributed by atoms with Gasteiger partial charge in [-0.25, -0.2) is 0 Å². The zero-order valence-corrected chi connectivity index (χ0v) is 28.6. The van der Waals surface area contributed by atoms with Gasteiger partial charge in [0.05, 0.1) is 16.6 Å². The highest BCUT2D eigenvalue weighted by atomic mass is 15.0. The lowest BCUT2D eigenvalue weighted by Gasteiger charge is -2.12. The fraction of sp³-hybridized carbons (Fsp3) is 0.0204. The lowest BCUT2D eigenvalue weighted by Crippen LogP contribution is -1.99. The Kier molecular flexibility index (Phi) is 7.04. The Hall–Kier alpha value is -6.84. The minimum absolute atomic E-state index is 0.682. The molecule has 0 saturated carbocycles. The molecule has 0 radical (unpaired) electrons. The summed E-state index contributed by atoms with van der Waals surface area (Å²) in [5.74, 6) is 0. The number of nitrogens with zero attached hydrogens (tertiary/aromatic N) is 2. The summed E-state index contributed by atoms with van der Waals surface area (Å²) in [4.78, 5) is 0. The van der Waals surface area contributed by atoms with E-state index in [2.05, 4.69) is 179 Å². The van der Waals surface area contributed by atoms with Gasteiger partial charge in [-0.2, -0.15) is 0 Å². The predicted molar refractivity (Wildman–Crippen MR) is 222 cm³/mol. The highest BCUT2D eigenvalue weighted by Gasteiger charge is 2.19. The molecule has 0 saturated heterocycles. The second kappa shape index (κ2) is 12.2. The summed E-state index contributed by atoms with van der Waals surface area (Å²) in [6.07, 6.45) is 4.44. The van der Waals surface area contributed by atoms with Crippen LogP contribution in [0.5, 0.6) is 0 Å². The smallest absolute Gasteiger partial charge is 0.0574 e. The van der Waals surface area contributed by atoms with Gasteiger partial charge in [0, 0.05) is 50.4 Å². The lowest BCUT2D eigenvalue weighted by atomic mass is 9.96. The van der Waals surface area contributed by atoms with Crippen LogP contribution in [0.2, 0.25) is 0 Å². The predicted octanol–water partition coefficient (Wildman–Crippen LogP) is 12.3. The van der Waals surface area contributed by atoms with Gasteiger partial charge < -0.3 is 14.9 Å². The fourth-order valence-corrected chi connectivity index (χ4v) is 8.25. The highest BCUT2D eigenvalue weighted by molar-refractivity contribution is 6.31. The number of hydrogen-bond acceptors (Lipinski definition) is 1. The molecule has 0 amide bonds. The first kappa shape index (κ1) is 30.0. The van der Waals surface area contributed by atoms with Crippen molar-refractivity contribution in [2.24, 2.45) is 5.73 Å². The normalized spacial score (nSPS) is 12.6. The van der Waals surface area contributed by atoms with Crippen LogP contribution in [0.15, 0.2) is 188 Å². The number of rotatable bonds is 6. The molecule has 0 fully saturated rings. The minimum atomic E-state index is 0.682. The van der Waals surface area contributed by atoms with E-state index in [4.69, 9.17) is 5.73 Å². The van der Waals surface area contributed by atoms with Gasteiger partial charge in [-0.15, -0.1) is 0 Å². The molecule has 2 aromatic heterocycles. The molecule has 3 nitrogen and oxygen atoms in total. The van der Waals surface area contributed by atoms with Gasteiger partial charge in [0.25, 0.3) is 0 Å². The molecule has 0 spiro atoms. The topological polar surface area (TPSA) is 35.9 Å². The second-order valence-corrected chi connectivity index (χ2v) is 13.5. The van der Waals surface area contributed by atoms with Crippen molar-refractivity contribution < 1.29 is 0 Å². The van der Waals surface area contributed by atoms with E-state index < -0.39 is 0 Å². The van der Waals surface area contributed by atoms with Gasteiger partial charge in [0.15, 0.2) is 0 Å². The third-order valence-electron chi connectivity index (χ3n) is 10.6. The van der Waals surface area contributed by atoms with Gasteiger partial charge in [-0.05, 0) is 69.3 Å². The first-order chi connectivity index (χ1) is 25.7. The molecule has 10 rings (SSSR count). The van der Waals surface area contributed by atoms with Crippen LogP contribution in [0, 0.1) is 0 Å². The van der Waals surface area contributed by atoms with Crippen LogP contribution in [0.4, 0.5) is 0 Å². The van der Waals surface area contributed by atoms with E-state index in [1.165, 1.54) is 70.8 Å². The Bertz CT molecular complexity index is 3020. The number of benzene rings is 8. The number of allylic oxidation sites excluding steroid dienone is 3. The quantitative estimate of drug-likeness (QED) is 0.139. The molecule has 0 aliphatic rings. The standard InChI is InChI=1S/C49H35N3/c50-43(34-16-6-2-7-17-34)32-36(33-14-4-1-5-15-33)30-31-51-44-22-12-10-20-38(44)40-28-27-39-41(49(40)51)26-24-35-25-29-46-48(47(35)39)42-21-11-13-23-45(42)52(46)37-18-8-3-9-19-37/h1-30,32H,31,50H2/b36-30+,43-32-. The third-order valence-corrected chi connectivity index (χ3v) is 10.6. The summed E-state index contributed by atoms with van der Waals surface area (Å²) in [5, 5.41) is 10.1.